The zero-order valence-corrected chi connectivity index (χ0v) is 8.60. The quantitative estimate of drug-likeness (QED) is 0.510. The zero-order valence-electron chi connectivity index (χ0n) is 8.60. The minimum absolute atomic E-state index is 0.735. The summed E-state index contributed by atoms with van der Waals surface area (Å²) >= 11 is 0. The third kappa shape index (κ3) is 1.67. The predicted octanol–water partition coefficient (Wildman–Crippen LogP) is 4.00. The third-order valence-electron chi connectivity index (χ3n) is 4.00. The molecule has 2 saturated carbocycles. The molecule has 3 unspecified atom stereocenters. The molecule has 2 aliphatic carbocycles. The molecule has 12 heavy (non-hydrogen) atoms. The van der Waals surface area contributed by atoms with Crippen molar-refractivity contribution in [2.24, 2.45) is 17.3 Å². The molecule has 2 aliphatic rings. The summed E-state index contributed by atoms with van der Waals surface area (Å²) in [7, 11) is 0. The molecule has 0 radical (unpaired) electrons. The number of hydrogen-bond acceptors (Lipinski definition) is 0. The normalized spacial score (nSPS) is 48.5. The van der Waals surface area contributed by atoms with E-state index < -0.39 is 0 Å². The largest absolute Gasteiger partial charge is 0.0625 e. The topological polar surface area (TPSA) is 0 Å². The third-order valence-corrected chi connectivity index (χ3v) is 4.00. The molecular formula is C12H22. The first-order valence-electron chi connectivity index (χ1n) is 5.68. The van der Waals surface area contributed by atoms with Crippen molar-refractivity contribution in [3.63, 3.8) is 0 Å². The van der Waals surface area contributed by atoms with Crippen LogP contribution in [0, 0.1) is 17.3 Å². The fraction of sp³-hybridized carbons (Fsp3) is 1.00. The summed E-state index contributed by atoms with van der Waals surface area (Å²) in [6, 6.07) is 0. The summed E-state index contributed by atoms with van der Waals surface area (Å²) in [6.45, 7) is 4.98. The molecule has 0 aromatic carbocycles. The molecule has 0 saturated heterocycles. The second-order valence-corrected chi connectivity index (χ2v) is 5.67. The lowest BCUT2D eigenvalue weighted by Crippen LogP contribution is -2.28. The smallest absolute Gasteiger partial charge is 0.0321 e. The van der Waals surface area contributed by atoms with Crippen molar-refractivity contribution in [2.45, 2.75) is 58.8 Å². The zero-order chi connectivity index (χ0) is 8.60. The standard InChI is InChI=1S/C12H22/c1-10-7-11-5-3-4-6-12(2,8-10)9-11/h10-11H,3-9H2,1-2H3. The first kappa shape index (κ1) is 8.59. The van der Waals surface area contributed by atoms with Gasteiger partial charge in [0.1, 0.15) is 0 Å². The van der Waals surface area contributed by atoms with E-state index in [0.717, 1.165) is 17.3 Å². The van der Waals surface area contributed by atoms with Crippen molar-refractivity contribution in [3.8, 4) is 0 Å². The monoisotopic (exact) mass is 166 g/mol. The Bertz CT molecular complexity index is 161. The van der Waals surface area contributed by atoms with E-state index in [1.807, 2.05) is 0 Å². The van der Waals surface area contributed by atoms with Crippen molar-refractivity contribution in [1.29, 1.82) is 0 Å². The van der Waals surface area contributed by atoms with E-state index in [-0.39, 0.29) is 0 Å². The van der Waals surface area contributed by atoms with Gasteiger partial charge in [-0.05, 0) is 42.9 Å². The van der Waals surface area contributed by atoms with E-state index in [0.29, 0.717) is 0 Å². The van der Waals surface area contributed by atoms with Crippen molar-refractivity contribution >= 4 is 0 Å². The van der Waals surface area contributed by atoms with Gasteiger partial charge in [0, 0.05) is 0 Å². The Morgan fingerprint density at radius 2 is 2.00 bits per heavy atom. The molecule has 0 aliphatic heterocycles. The summed E-state index contributed by atoms with van der Waals surface area (Å²) < 4.78 is 0. The highest BCUT2D eigenvalue weighted by molar-refractivity contribution is 4.87. The fourth-order valence-corrected chi connectivity index (χ4v) is 3.77. The lowest BCUT2D eigenvalue weighted by Gasteiger charge is -2.39. The summed E-state index contributed by atoms with van der Waals surface area (Å²) in [5, 5.41) is 0. The molecule has 2 bridgehead atoms. The van der Waals surface area contributed by atoms with E-state index in [2.05, 4.69) is 13.8 Å². The van der Waals surface area contributed by atoms with Gasteiger partial charge in [0.2, 0.25) is 0 Å². The molecule has 2 fully saturated rings. The Morgan fingerprint density at radius 3 is 2.83 bits per heavy atom. The van der Waals surface area contributed by atoms with E-state index in [4.69, 9.17) is 0 Å². The van der Waals surface area contributed by atoms with E-state index in [9.17, 15) is 0 Å². The van der Waals surface area contributed by atoms with Gasteiger partial charge in [0.05, 0.1) is 0 Å². The molecule has 0 aromatic heterocycles. The summed E-state index contributed by atoms with van der Waals surface area (Å²) in [5.41, 5.74) is 0.735. The average molecular weight is 166 g/mol. The molecule has 70 valence electrons. The Balaban J connectivity index is 2.10. The van der Waals surface area contributed by atoms with Crippen molar-refractivity contribution in [1.82, 2.24) is 0 Å². The first-order valence-corrected chi connectivity index (χ1v) is 5.68. The van der Waals surface area contributed by atoms with Crippen molar-refractivity contribution in [3.05, 3.63) is 0 Å². The minimum atomic E-state index is 0.735. The van der Waals surface area contributed by atoms with Gasteiger partial charge in [-0.15, -0.1) is 0 Å². The number of hydrogen-bond donors (Lipinski definition) is 0. The van der Waals surface area contributed by atoms with E-state index in [1.165, 1.54) is 44.9 Å². The molecule has 0 nitrogen and oxygen atoms in total. The SMILES string of the molecule is CC1CC2CCCCC(C)(C1)C2. The molecular weight excluding hydrogens is 144 g/mol. The van der Waals surface area contributed by atoms with Crippen LogP contribution in [0.25, 0.3) is 0 Å². The molecule has 3 atom stereocenters. The molecule has 0 heterocycles. The van der Waals surface area contributed by atoms with Crippen LogP contribution in [0.2, 0.25) is 0 Å². The van der Waals surface area contributed by atoms with Crippen molar-refractivity contribution < 1.29 is 0 Å². The van der Waals surface area contributed by atoms with Crippen LogP contribution in [0.5, 0.6) is 0 Å². The maximum Gasteiger partial charge on any atom is -0.0321 e. The van der Waals surface area contributed by atoms with Crippen LogP contribution in [0.4, 0.5) is 0 Å². The second kappa shape index (κ2) is 3.05. The maximum atomic E-state index is 2.53. The molecule has 0 amide bonds. The van der Waals surface area contributed by atoms with Crippen LogP contribution in [-0.2, 0) is 0 Å². The molecule has 0 N–H and O–H groups in total. The van der Waals surface area contributed by atoms with Crippen LogP contribution in [0.15, 0.2) is 0 Å². The Hall–Kier alpha value is 0. The lowest BCUT2D eigenvalue weighted by molar-refractivity contribution is 0.118. The van der Waals surface area contributed by atoms with Gasteiger partial charge in [-0.1, -0.05) is 33.1 Å². The van der Waals surface area contributed by atoms with Gasteiger partial charge < -0.3 is 0 Å². The van der Waals surface area contributed by atoms with Crippen LogP contribution >= 0.6 is 0 Å². The fourth-order valence-electron chi connectivity index (χ4n) is 3.77. The Labute approximate surface area is 76.7 Å². The second-order valence-electron chi connectivity index (χ2n) is 5.67. The first-order chi connectivity index (χ1) is 5.68. The molecule has 0 aromatic rings. The lowest BCUT2D eigenvalue weighted by atomic mass is 9.66. The highest BCUT2D eigenvalue weighted by Crippen LogP contribution is 2.48. The van der Waals surface area contributed by atoms with Gasteiger partial charge in [0.15, 0.2) is 0 Å². The van der Waals surface area contributed by atoms with Gasteiger partial charge in [-0.2, -0.15) is 0 Å². The van der Waals surface area contributed by atoms with Crippen LogP contribution in [-0.4, -0.2) is 0 Å². The van der Waals surface area contributed by atoms with E-state index >= 15 is 0 Å². The summed E-state index contributed by atoms with van der Waals surface area (Å²) in [6.07, 6.45) is 10.6. The van der Waals surface area contributed by atoms with E-state index in [1.54, 1.807) is 0 Å². The van der Waals surface area contributed by atoms with Crippen LogP contribution < -0.4 is 0 Å². The number of fused-ring (bicyclic) bond motifs is 2. The van der Waals surface area contributed by atoms with Gasteiger partial charge >= 0.3 is 0 Å². The van der Waals surface area contributed by atoms with Gasteiger partial charge in [-0.3, -0.25) is 0 Å². The molecule has 0 heteroatoms. The predicted molar refractivity (Wildman–Crippen MR) is 53.1 cm³/mol. The van der Waals surface area contributed by atoms with Crippen LogP contribution in [0.1, 0.15) is 58.8 Å². The van der Waals surface area contributed by atoms with Gasteiger partial charge in [-0.25, -0.2) is 0 Å². The van der Waals surface area contributed by atoms with Crippen molar-refractivity contribution in [2.75, 3.05) is 0 Å². The minimum Gasteiger partial charge on any atom is -0.0625 e. The molecule has 0 spiro atoms. The highest BCUT2D eigenvalue weighted by Gasteiger charge is 2.36. The summed E-state index contributed by atoms with van der Waals surface area (Å²) in [4.78, 5) is 0. The Kier molecular flexibility index (Phi) is 2.18. The highest BCUT2D eigenvalue weighted by atomic mass is 14.4. The number of rotatable bonds is 0. The molecule has 2 rings (SSSR count). The van der Waals surface area contributed by atoms with Crippen LogP contribution in [0.3, 0.4) is 0 Å². The summed E-state index contributed by atoms with van der Waals surface area (Å²) in [5.74, 6) is 2.09. The van der Waals surface area contributed by atoms with Gasteiger partial charge in [0.25, 0.3) is 0 Å². The Morgan fingerprint density at radius 1 is 1.17 bits per heavy atom. The average Bonchev–Trinajstić information content (AvgIpc) is 2.07. The maximum absolute atomic E-state index is 2.53.